The van der Waals surface area contributed by atoms with Crippen molar-refractivity contribution in [3.63, 3.8) is 0 Å². The summed E-state index contributed by atoms with van der Waals surface area (Å²) in [6.07, 6.45) is 1.24. The lowest BCUT2D eigenvalue weighted by molar-refractivity contribution is 0.0883. The fraction of sp³-hybridized carbons (Fsp3) is 0.533. The lowest BCUT2D eigenvalue weighted by atomic mass is 10.1. The van der Waals surface area contributed by atoms with E-state index in [0.29, 0.717) is 13.1 Å². The molecule has 0 aromatic heterocycles. The zero-order valence-corrected chi connectivity index (χ0v) is 12.2. The summed E-state index contributed by atoms with van der Waals surface area (Å²) < 4.78 is 0. The molecule has 1 aromatic rings. The number of aliphatic hydroxyl groups excluding tert-OH is 1. The summed E-state index contributed by atoms with van der Waals surface area (Å²) in [7, 11) is 2.02. The van der Waals surface area contributed by atoms with Crippen molar-refractivity contribution in [3.05, 3.63) is 24.3 Å². The van der Waals surface area contributed by atoms with Gasteiger partial charge in [-0.25, -0.2) is 4.79 Å². The highest BCUT2D eigenvalue weighted by Crippen LogP contribution is 2.19. The molecule has 20 heavy (non-hydrogen) atoms. The Kier molecular flexibility index (Phi) is 4.84. The molecule has 0 spiro atoms. The van der Waals surface area contributed by atoms with Gasteiger partial charge in [0.2, 0.25) is 0 Å². The summed E-state index contributed by atoms with van der Waals surface area (Å²) in [5.74, 6) is 0. The van der Waals surface area contributed by atoms with Gasteiger partial charge in [0.05, 0.1) is 6.10 Å². The fourth-order valence-corrected chi connectivity index (χ4v) is 2.35. The first-order valence-electron chi connectivity index (χ1n) is 7.15. The third-order valence-corrected chi connectivity index (χ3v) is 3.70. The van der Waals surface area contributed by atoms with E-state index in [4.69, 9.17) is 0 Å². The Morgan fingerprint density at radius 2 is 2.35 bits per heavy atom. The van der Waals surface area contributed by atoms with Crippen molar-refractivity contribution in [1.82, 2.24) is 4.90 Å². The molecule has 1 heterocycles. The Morgan fingerprint density at radius 3 is 3.05 bits per heavy atom. The number of nitrogens with zero attached hydrogens (tertiary/aromatic N) is 2. The van der Waals surface area contributed by atoms with Gasteiger partial charge < -0.3 is 20.2 Å². The predicted molar refractivity (Wildman–Crippen MR) is 81.2 cm³/mol. The van der Waals surface area contributed by atoms with Crippen LogP contribution in [-0.2, 0) is 0 Å². The van der Waals surface area contributed by atoms with Crippen LogP contribution in [0.25, 0.3) is 0 Å². The van der Waals surface area contributed by atoms with Gasteiger partial charge in [0.25, 0.3) is 0 Å². The number of anilines is 2. The second-order valence-corrected chi connectivity index (χ2v) is 5.24. The van der Waals surface area contributed by atoms with Gasteiger partial charge in [0.15, 0.2) is 0 Å². The number of aliphatic hydroxyl groups is 1. The molecule has 0 bridgehead atoms. The number of carbonyl (C=O) groups is 1. The number of hydrogen-bond donors (Lipinski definition) is 2. The van der Waals surface area contributed by atoms with Crippen LogP contribution in [0.3, 0.4) is 0 Å². The monoisotopic (exact) mass is 277 g/mol. The minimum Gasteiger partial charge on any atom is -0.391 e. The number of hydrogen-bond acceptors (Lipinski definition) is 3. The molecule has 1 aliphatic heterocycles. The number of piperidine rings is 1. The van der Waals surface area contributed by atoms with E-state index in [2.05, 4.69) is 17.1 Å². The number of benzene rings is 1. The maximum absolute atomic E-state index is 12.2. The predicted octanol–water partition coefficient (Wildman–Crippen LogP) is 2.13. The molecule has 5 nitrogen and oxygen atoms in total. The van der Waals surface area contributed by atoms with Crippen molar-refractivity contribution in [1.29, 1.82) is 0 Å². The molecular weight excluding hydrogens is 254 g/mol. The molecule has 5 heteroatoms. The molecular formula is C15H23N3O2. The van der Waals surface area contributed by atoms with Crippen molar-refractivity contribution < 1.29 is 9.90 Å². The van der Waals surface area contributed by atoms with E-state index in [9.17, 15) is 9.90 Å². The van der Waals surface area contributed by atoms with Crippen LogP contribution in [-0.4, -0.2) is 48.8 Å². The Bertz CT molecular complexity index is 464. The summed E-state index contributed by atoms with van der Waals surface area (Å²) in [6, 6.07) is 7.65. The zero-order valence-electron chi connectivity index (χ0n) is 12.2. The highest BCUT2D eigenvalue weighted by atomic mass is 16.3. The summed E-state index contributed by atoms with van der Waals surface area (Å²) >= 11 is 0. The second-order valence-electron chi connectivity index (χ2n) is 5.24. The van der Waals surface area contributed by atoms with Gasteiger partial charge in [0.1, 0.15) is 0 Å². The Labute approximate surface area is 120 Å². The average molecular weight is 277 g/mol. The topological polar surface area (TPSA) is 55.8 Å². The first-order valence-corrected chi connectivity index (χ1v) is 7.15. The van der Waals surface area contributed by atoms with Crippen LogP contribution in [0, 0.1) is 0 Å². The SMILES string of the molecule is CCN(C)c1cccc(NC(=O)N2CCC[C@H](O)C2)c1. The number of likely N-dealkylation sites (tertiary alicyclic amines) is 1. The van der Waals surface area contributed by atoms with Gasteiger partial charge in [-0.05, 0) is 38.0 Å². The van der Waals surface area contributed by atoms with E-state index >= 15 is 0 Å². The Balaban J connectivity index is 2.00. The van der Waals surface area contributed by atoms with Crippen LogP contribution in [0.1, 0.15) is 19.8 Å². The van der Waals surface area contributed by atoms with Crippen molar-refractivity contribution >= 4 is 17.4 Å². The third-order valence-electron chi connectivity index (χ3n) is 3.70. The molecule has 1 fully saturated rings. The summed E-state index contributed by atoms with van der Waals surface area (Å²) in [5.41, 5.74) is 1.86. The van der Waals surface area contributed by atoms with Gasteiger partial charge in [-0.1, -0.05) is 6.07 Å². The molecule has 1 atom stereocenters. The molecule has 0 unspecified atom stereocenters. The molecule has 2 rings (SSSR count). The van der Waals surface area contributed by atoms with Gasteiger partial charge >= 0.3 is 6.03 Å². The van der Waals surface area contributed by atoms with Crippen LogP contribution in [0.4, 0.5) is 16.2 Å². The van der Waals surface area contributed by atoms with Crippen LogP contribution in [0.2, 0.25) is 0 Å². The van der Waals surface area contributed by atoms with E-state index in [1.54, 1.807) is 4.90 Å². The standard InChI is InChI=1S/C15H23N3O2/c1-3-17(2)13-7-4-6-12(10-13)16-15(20)18-9-5-8-14(19)11-18/h4,6-7,10,14,19H,3,5,8-9,11H2,1-2H3,(H,16,20)/t14-/m0/s1. The summed E-state index contributed by atoms with van der Waals surface area (Å²) in [5, 5.41) is 12.5. The largest absolute Gasteiger partial charge is 0.391 e. The van der Waals surface area contributed by atoms with Crippen LogP contribution >= 0.6 is 0 Å². The van der Waals surface area contributed by atoms with Gasteiger partial charge in [-0.15, -0.1) is 0 Å². The first-order chi connectivity index (χ1) is 9.60. The minimum absolute atomic E-state index is 0.139. The smallest absolute Gasteiger partial charge is 0.321 e. The van der Waals surface area contributed by atoms with Crippen molar-refractivity contribution in [2.75, 3.05) is 36.9 Å². The fourth-order valence-electron chi connectivity index (χ4n) is 2.35. The number of amides is 2. The molecule has 110 valence electrons. The average Bonchev–Trinajstić information content (AvgIpc) is 2.46. The number of rotatable bonds is 3. The molecule has 2 amide bonds. The Morgan fingerprint density at radius 1 is 1.55 bits per heavy atom. The summed E-state index contributed by atoms with van der Waals surface area (Å²) in [6.45, 7) is 4.12. The first kappa shape index (κ1) is 14.7. The lowest BCUT2D eigenvalue weighted by Gasteiger charge is -2.30. The quantitative estimate of drug-likeness (QED) is 0.890. The normalized spacial score (nSPS) is 18.8. The van der Waals surface area contributed by atoms with Crippen LogP contribution in [0.5, 0.6) is 0 Å². The number of nitrogens with one attached hydrogen (secondary N) is 1. The lowest BCUT2D eigenvalue weighted by Crippen LogP contribution is -2.44. The van der Waals surface area contributed by atoms with Crippen molar-refractivity contribution in [2.45, 2.75) is 25.9 Å². The van der Waals surface area contributed by atoms with E-state index in [0.717, 1.165) is 30.8 Å². The minimum atomic E-state index is -0.396. The Hall–Kier alpha value is -1.75. The molecule has 2 N–H and O–H groups in total. The maximum atomic E-state index is 12.2. The number of urea groups is 1. The van der Waals surface area contributed by atoms with Gasteiger partial charge in [0, 0.05) is 38.1 Å². The van der Waals surface area contributed by atoms with Crippen LogP contribution < -0.4 is 10.2 Å². The summed E-state index contributed by atoms with van der Waals surface area (Å²) in [4.78, 5) is 15.9. The molecule has 0 aliphatic carbocycles. The third kappa shape index (κ3) is 3.63. The van der Waals surface area contributed by atoms with Crippen molar-refractivity contribution in [3.8, 4) is 0 Å². The zero-order chi connectivity index (χ0) is 14.5. The van der Waals surface area contributed by atoms with Gasteiger partial charge in [-0.2, -0.15) is 0 Å². The van der Waals surface area contributed by atoms with Crippen molar-refractivity contribution in [2.24, 2.45) is 0 Å². The van der Waals surface area contributed by atoms with E-state index in [1.807, 2.05) is 31.3 Å². The van der Waals surface area contributed by atoms with Crippen LogP contribution in [0.15, 0.2) is 24.3 Å². The van der Waals surface area contributed by atoms with Gasteiger partial charge in [-0.3, -0.25) is 0 Å². The molecule has 1 saturated heterocycles. The highest BCUT2D eigenvalue weighted by molar-refractivity contribution is 5.90. The molecule has 0 radical (unpaired) electrons. The second kappa shape index (κ2) is 6.61. The van der Waals surface area contributed by atoms with E-state index in [-0.39, 0.29) is 6.03 Å². The van der Waals surface area contributed by atoms with E-state index in [1.165, 1.54) is 0 Å². The number of carbonyl (C=O) groups excluding carboxylic acids is 1. The molecule has 1 aliphatic rings. The molecule has 1 aromatic carbocycles. The molecule has 0 saturated carbocycles. The highest BCUT2D eigenvalue weighted by Gasteiger charge is 2.21. The number of β-amino-alcohol motifs (C(OH)–C–C–N with tert-alkyl or cyclic N) is 1. The van der Waals surface area contributed by atoms with E-state index < -0.39 is 6.10 Å². The maximum Gasteiger partial charge on any atom is 0.321 e.